The van der Waals surface area contributed by atoms with Gasteiger partial charge in [-0.05, 0) is 24.1 Å². The third kappa shape index (κ3) is 4.48. The number of anilines is 1. The lowest BCUT2D eigenvalue weighted by atomic mass is 10.1. The van der Waals surface area contributed by atoms with Gasteiger partial charge in [0.05, 0.1) is 24.2 Å². The quantitative estimate of drug-likeness (QED) is 0.558. The number of benzene rings is 1. The fourth-order valence-electron chi connectivity index (χ4n) is 3.51. The van der Waals surface area contributed by atoms with Gasteiger partial charge in [0.25, 0.3) is 0 Å². The van der Waals surface area contributed by atoms with Gasteiger partial charge < -0.3 is 4.90 Å². The largest absolute Gasteiger partial charge is 0.352 e. The highest BCUT2D eigenvalue weighted by Crippen LogP contribution is 2.23. The molecule has 1 aliphatic rings. The van der Waals surface area contributed by atoms with Crippen LogP contribution in [0, 0.1) is 12.7 Å². The minimum absolute atomic E-state index is 0.0396. The Morgan fingerprint density at radius 3 is 2.58 bits per heavy atom. The lowest BCUT2D eigenvalue weighted by Gasteiger charge is -2.27. The van der Waals surface area contributed by atoms with E-state index in [-0.39, 0.29) is 42.0 Å². The van der Waals surface area contributed by atoms with Crippen molar-refractivity contribution in [1.82, 2.24) is 19.7 Å². The van der Waals surface area contributed by atoms with Crippen molar-refractivity contribution >= 4 is 21.4 Å². The SMILES string of the molecule is CC(=O)c1cc(-c2ncc(F)c(N3CCS(=O)(=O)CC3)n2)nn1Cc1ccccc1C. The lowest BCUT2D eigenvalue weighted by molar-refractivity contribution is 0.100. The third-order valence-corrected chi connectivity index (χ3v) is 6.93. The summed E-state index contributed by atoms with van der Waals surface area (Å²) >= 11 is 0. The second-order valence-electron chi connectivity index (χ2n) is 7.56. The molecule has 0 saturated carbocycles. The van der Waals surface area contributed by atoms with Crippen LogP contribution in [0.4, 0.5) is 10.2 Å². The molecule has 0 amide bonds. The Morgan fingerprint density at radius 2 is 1.90 bits per heavy atom. The van der Waals surface area contributed by atoms with Crippen LogP contribution < -0.4 is 4.90 Å². The van der Waals surface area contributed by atoms with Gasteiger partial charge in [0, 0.05) is 20.0 Å². The van der Waals surface area contributed by atoms with E-state index >= 15 is 0 Å². The first-order valence-corrected chi connectivity index (χ1v) is 11.7. The van der Waals surface area contributed by atoms with Crippen LogP contribution in [0.2, 0.25) is 0 Å². The summed E-state index contributed by atoms with van der Waals surface area (Å²) < 4.78 is 39.4. The predicted molar refractivity (Wildman–Crippen MR) is 114 cm³/mol. The summed E-state index contributed by atoms with van der Waals surface area (Å²) in [4.78, 5) is 22.1. The number of ketones is 1. The molecule has 0 N–H and O–H groups in total. The summed E-state index contributed by atoms with van der Waals surface area (Å²) in [6, 6.07) is 9.42. The number of carbonyl (C=O) groups is 1. The maximum absolute atomic E-state index is 14.4. The Hall–Kier alpha value is -3.14. The standard InChI is InChI=1S/C21H22FN5O3S/c1-14-5-3-4-6-16(14)13-27-19(15(2)28)11-18(25-27)20-23-12-17(22)21(24-20)26-7-9-31(29,30)10-8-26/h3-6,11-12H,7-10,13H2,1-2H3. The molecule has 1 fully saturated rings. The van der Waals surface area contributed by atoms with Gasteiger partial charge in [-0.15, -0.1) is 0 Å². The van der Waals surface area contributed by atoms with Gasteiger partial charge in [-0.3, -0.25) is 9.48 Å². The number of nitrogens with zero attached hydrogens (tertiary/aromatic N) is 5. The van der Waals surface area contributed by atoms with E-state index in [2.05, 4.69) is 15.1 Å². The van der Waals surface area contributed by atoms with Crippen molar-refractivity contribution in [3.05, 3.63) is 59.2 Å². The molecule has 0 radical (unpaired) electrons. The highest BCUT2D eigenvalue weighted by Gasteiger charge is 2.26. The summed E-state index contributed by atoms with van der Waals surface area (Å²) in [5, 5.41) is 4.51. The maximum atomic E-state index is 14.4. The van der Waals surface area contributed by atoms with Crippen molar-refractivity contribution < 1.29 is 17.6 Å². The van der Waals surface area contributed by atoms with Gasteiger partial charge in [-0.2, -0.15) is 5.10 Å². The zero-order chi connectivity index (χ0) is 22.2. The molecular weight excluding hydrogens is 421 g/mol. The Bertz CT molecular complexity index is 1240. The molecular formula is C21H22FN5O3S. The molecule has 31 heavy (non-hydrogen) atoms. The monoisotopic (exact) mass is 443 g/mol. The van der Waals surface area contributed by atoms with E-state index in [1.807, 2.05) is 31.2 Å². The summed E-state index contributed by atoms with van der Waals surface area (Å²) in [7, 11) is -3.10. The second-order valence-corrected chi connectivity index (χ2v) is 9.86. The molecule has 1 aromatic carbocycles. The molecule has 162 valence electrons. The van der Waals surface area contributed by atoms with Crippen LogP contribution in [0.5, 0.6) is 0 Å². The van der Waals surface area contributed by atoms with E-state index < -0.39 is 15.7 Å². The third-order valence-electron chi connectivity index (χ3n) is 5.32. The predicted octanol–water partition coefficient (Wildman–Crippen LogP) is 2.27. The number of sulfone groups is 1. The Balaban J connectivity index is 1.68. The van der Waals surface area contributed by atoms with E-state index in [1.54, 1.807) is 15.6 Å². The average Bonchev–Trinajstić information content (AvgIpc) is 3.15. The average molecular weight is 444 g/mol. The van der Waals surface area contributed by atoms with Crippen LogP contribution in [0.15, 0.2) is 36.5 Å². The molecule has 3 aromatic rings. The number of rotatable bonds is 5. The molecule has 2 aromatic heterocycles. The van der Waals surface area contributed by atoms with Crippen LogP contribution in [0.3, 0.4) is 0 Å². The highest BCUT2D eigenvalue weighted by atomic mass is 32.2. The van der Waals surface area contributed by atoms with Crippen LogP contribution in [0.1, 0.15) is 28.5 Å². The maximum Gasteiger partial charge on any atom is 0.183 e. The Morgan fingerprint density at radius 1 is 1.19 bits per heavy atom. The second kappa shape index (κ2) is 8.18. The summed E-state index contributed by atoms with van der Waals surface area (Å²) in [5.41, 5.74) is 2.85. The number of hydrogen-bond donors (Lipinski definition) is 0. The van der Waals surface area contributed by atoms with Gasteiger partial charge in [-0.25, -0.2) is 22.8 Å². The molecule has 0 spiro atoms. The van der Waals surface area contributed by atoms with Crippen molar-refractivity contribution in [2.24, 2.45) is 0 Å². The van der Waals surface area contributed by atoms with Gasteiger partial charge >= 0.3 is 0 Å². The number of carbonyl (C=O) groups excluding carboxylic acids is 1. The summed E-state index contributed by atoms with van der Waals surface area (Å²) in [6.45, 7) is 4.17. The molecule has 0 atom stereocenters. The molecule has 8 nitrogen and oxygen atoms in total. The molecule has 1 saturated heterocycles. The van der Waals surface area contributed by atoms with E-state index in [9.17, 15) is 17.6 Å². The molecule has 1 aliphatic heterocycles. The van der Waals surface area contributed by atoms with E-state index in [1.165, 1.54) is 6.92 Å². The van der Waals surface area contributed by atoms with Gasteiger partial charge in [0.1, 0.15) is 11.4 Å². The number of hydrogen-bond acceptors (Lipinski definition) is 7. The van der Waals surface area contributed by atoms with Crippen molar-refractivity contribution in [3.63, 3.8) is 0 Å². The number of aromatic nitrogens is 4. The first-order chi connectivity index (χ1) is 14.7. The van der Waals surface area contributed by atoms with E-state index in [4.69, 9.17) is 0 Å². The fourth-order valence-corrected chi connectivity index (χ4v) is 4.71. The summed E-state index contributed by atoms with van der Waals surface area (Å²) in [6.07, 6.45) is 1.05. The minimum atomic E-state index is -3.10. The normalized spacial score (nSPS) is 15.8. The van der Waals surface area contributed by atoms with Crippen LogP contribution >= 0.6 is 0 Å². The Labute approximate surface area is 179 Å². The van der Waals surface area contributed by atoms with E-state index in [0.717, 1.165) is 17.3 Å². The van der Waals surface area contributed by atoms with Crippen molar-refractivity contribution in [3.8, 4) is 11.5 Å². The number of halogens is 1. The molecule has 0 bridgehead atoms. The topological polar surface area (TPSA) is 98.1 Å². The highest BCUT2D eigenvalue weighted by molar-refractivity contribution is 7.91. The fraction of sp³-hybridized carbons (Fsp3) is 0.333. The lowest BCUT2D eigenvalue weighted by Crippen LogP contribution is -2.41. The number of Topliss-reactive ketones (excluding diaryl/α,β-unsaturated/α-hetero) is 1. The number of aryl methyl sites for hydroxylation is 1. The minimum Gasteiger partial charge on any atom is -0.352 e. The molecule has 3 heterocycles. The van der Waals surface area contributed by atoms with Gasteiger partial charge in [-0.1, -0.05) is 24.3 Å². The molecule has 4 rings (SSSR count). The molecule has 0 unspecified atom stereocenters. The zero-order valence-electron chi connectivity index (χ0n) is 17.2. The summed E-state index contributed by atoms with van der Waals surface area (Å²) in [5.74, 6) is -0.671. The molecule has 10 heteroatoms. The van der Waals surface area contributed by atoms with Crippen LogP contribution in [-0.4, -0.2) is 58.5 Å². The van der Waals surface area contributed by atoms with E-state index in [0.29, 0.717) is 17.9 Å². The Kier molecular flexibility index (Phi) is 5.57. The zero-order valence-corrected chi connectivity index (χ0v) is 18.1. The first kappa shape index (κ1) is 21.1. The van der Waals surface area contributed by atoms with Gasteiger partial charge in [0.15, 0.2) is 33.1 Å². The smallest absolute Gasteiger partial charge is 0.183 e. The first-order valence-electron chi connectivity index (χ1n) is 9.85. The van der Waals surface area contributed by atoms with Crippen molar-refractivity contribution in [2.75, 3.05) is 29.5 Å². The van der Waals surface area contributed by atoms with Gasteiger partial charge in [0.2, 0.25) is 0 Å². The van der Waals surface area contributed by atoms with Crippen molar-refractivity contribution in [2.45, 2.75) is 20.4 Å². The van der Waals surface area contributed by atoms with Crippen molar-refractivity contribution in [1.29, 1.82) is 0 Å². The van der Waals surface area contributed by atoms with Crippen LogP contribution in [-0.2, 0) is 16.4 Å². The molecule has 0 aliphatic carbocycles. The van der Waals surface area contributed by atoms with Crippen LogP contribution in [0.25, 0.3) is 11.5 Å².